The molecule has 0 atom stereocenters. The Kier molecular flexibility index (Phi) is 2.28. The summed E-state index contributed by atoms with van der Waals surface area (Å²) in [7, 11) is 0. The zero-order valence-corrected chi connectivity index (χ0v) is 9.22. The van der Waals surface area contributed by atoms with Gasteiger partial charge in [0.05, 0.1) is 6.20 Å². The third-order valence-electron chi connectivity index (χ3n) is 3.28. The van der Waals surface area contributed by atoms with Crippen LogP contribution in [-0.4, -0.2) is 25.9 Å². The first kappa shape index (κ1) is 10.2. The number of carbonyl (C=O) groups excluding carboxylic acids is 1. The van der Waals surface area contributed by atoms with E-state index in [-0.39, 0.29) is 11.4 Å². The summed E-state index contributed by atoms with van der Waals surface area (Å²) >= 11 is 0. The van der Waals surface area contributed by atoms with E-state index < -0.39 is 0 Å². The highest BCUT2D eigenvalue weighted by atomic mass is 16.1. The summed E-state index contributed by atoms with van der Waals surface area (Å²) < 4.78 is 1.51. The lowest BCUT2D eigenvalue weighted by molar-refractivity contribution is 0.111. The molecule has 0 radical (unpaired) electrons. The molecule has 88 valence electrons. The van der Waals surface area contributed by atoms with Crippen molar-refractivity contribution in [3.05, 3.63) is 28.2 Å². The van der Waals surface area contributed by atoms with Crippen LogP contribution in [0.25, 0.3) is 5.52 Å². The Morgan fingerprint density at radius 3 is 2.88 bits per heavy atom. The standard InChI is InChI=1S/C11H12N4O2/c16-6-9-13-11(17)8-5-12-10(15(8)14-9)7-3-1-2-4-7/h5-7H,1-4H2,(H,13,14,17). The number of fused-ring (bicyclic) bond motifs is 1. The maximum absolute atomic E-state index is 11.7. The second-order valence-electron chi connectivity index (χ2n) is 4.35. The van der Waals surface area contributed by atoms with E-state index in [2.05, 4.69) is 15.1 Å². The summed E-state index contributed by atoms with van der Waals surface area (Å²) in [4.78, 5) is 29.0. The maximum atomic E-state index is 11.7. The lowest BCUT2D eigenvalue weighted by Crippen LogP contribution is -2.17. The molecule has 0 aromatic carbocycles. The van der Waals surface area contributed by atoms with E-state index in [1.54, 1.807) is 0 Å². The highest BCUT2D eigenvalue weighted by Crippen LogP contribution is 2.32. The zero-order valence-electron chi connectivity index (χ0n) is 9.22. The molecule has 0 aliphatic heterocycles. The molecule has 6 heteroatoms. The van der Waals surface area contributed by atoms with E-state index in [1.807, 2.05) is 0 Å². The molecular weight excluding hydrogens is 220 g/mol. The molecule has 2 aromatic rings. The molecular formula is C11H12N4O2. The first-order valence-corrected chi connectivity index (χ1v) is 5.72. The van der Waals surface area contributed by atoms with Crippen LogP contribution in [0.5, 0.6) is 0 Å². The average molecular weight is 232 g/mol. The number of nitrogens with zero attached hydrogens (tertiary/aromatic N) is 3. The lowest BCUT2D eigenvalue weighted by atomic mass is 10.1. The monoisotopic (exact) mass is 232 g/mol. The summed E-state index contributed by atoms with van der Waals surface area (Å²) in [6, 6.07) is 0. The molecule has 0 spiro atoms. The number of rotatable bonds is 2. The molecule has 3 rings (SSSR count). The molecule has 1 N–H and O–H groups in total. The van der Waals surface area contributed by atoms with Crippen molar-refractivity contribution in [1.29, 1.82) is 0 Å². The van der Waals surface area contributed by atoms with Gasteiger partial charge in [-0.3, -0.25) is 9.59 Å². The second-order valence-corrected chi connectivity index (χ2v) is 4.35. The number of imidazole rings is 1. The summed E-state index contributed by atoms with van der Waals surface area (Å²) in [5.74, 6) is 1.19. The van der Waals surface area contributed by atoms with E-state index in [0.29, 0.717) is 17.7 Å². The number of hydrogen-bond donors (Lipinski definition) is 1. The Labute approximate surface area is 96.7 Å². The SMILES string of the molecule is O=Cc1nn2c(C3CCCC3)ncc2c(=O)[nH]1. The second kappa shape index (κ2) is 3.80. The summed E-state index contributed by atoms with van der Waals surface area (Å²) in [5, 5.41) is 4.09. The Morgan fingerprint density at radius 2 is 2.18 bits per heavy atom. The number of aromatic amines is 1. The first-order chi connectivity index (χ1) is 8.29. The molecule has 0 unspecified atom stereocenters. The largest absolute Gasteiger partial charge is 0.301 e. The van der Waals surface area contributed by atoms with Crippen LogP contribution in [0.2, 0.25) is 0 Å². The minimum absolute atomic E-state index is 0.0414. The number of aldehydes is 1. The van der Waals surface area contributed by atoms with Crippen LogP contribution in [0.3, 0.4) is 0 Å². The van der Waals surface area contributed by atoms with Gasteiger partial charge < -0.3 is 4.98 Å². The third-order valence-corrected chi connectivity index (χ3v) is 3.28. The van der Waals surface area contributed by atoms with Crippen LogP contribution in [0, 0.1) is 0 Å². The first-order valence-electron chi connectivity index (χ1n) is 5.72. The van der Waals surface area contributed by atoms with Crippen LogP contribution in [0.4, 0.5) is 0 Å². The fourth-order valence-electron chi connectivity index (χ4n) is 2.45. The predicted molar refractivity (Wildman–Crippen MR) is 60.2 cm³/mol. The molecule has 0 amide bonds. The maximum Gasteiger partial charge on any atom is 0.277 e. The van der Waals surface area contributed by atoms with Crippen molar-refractivity contribution in [3.8, 4) is 0 Å². The van der Waals surface area contributed by atoms with E-state index in [0.717, 1.165) is 18.7 Å². The highest BCUT2D eigenvalue weighted by Gasteiger charge is 2.22. The molecule has 0 bridgehead atoms. The number of nitrogens with one attached hydrogen (secondary N) is 1. The van der Waals surface area contributed by atoms with Gasteiger partial charge in [-0.15, -0.1) is 5.10 Å². The van der Waals surface area contributed by atoms with Gasteiger partial charge in [0.25, 0.3) is 5.56 Å². The summed E-state index contributed by atoms with van der Waals surface area (Å²) in [6.07, 6.45) is 6.58. The van der Waals surface area contributed by atoms with Crippen molar-refractivity contribution < 1.29 is 4.79 Å². The quantitative estimate of drug-likeness (QED) is 0.780. The molecule has 1 aliphatic rings. The molecule has 2 aromatic heterocycles. The fraction of sp³-hybridized carbons (Fsp3) is 0.455. The van der Waals surface area contributed by atoms with Gasteiger partial charge in [0.15, 0.2) is 17.6 Å². The smallest absolute Gasteiger partial charge is 0.277 e. The molecule has 0 saturated heterocycles. The Morgan fingerprint density at radius 1 is 1.41 bits per heavy atom. The number of H-pyrrole nitrogens is 1. The van der Waals surface area contributed by atoms with Gasteiger partial charge in [-0.05, 0) is 12.8 Å². The highest BCUT2D eigenvalue weighted by molar-refractivity contribution is 5.68. The van der Waals surface area contributed by atoms with Crippen molar-refractivity contribution in [2.75, 3.05) is 0 Å². The van der Waals surface area contributed by atoms with Crippen LogP contribution in [-0.2, 0) is 0 Å². The van der Waals surface area contributed by atoms with Gasteiger partial charge >= 0.3 is 0 Å². The van der Waals surface area contributed by atoms with Gasteiger partial charge in [0, 0.05) is 5.92 Å². The van der Waals surface area contributed by atoms with Crippen molar-refractivity contribution in [1.82, 2.24) is 19.6 Å². The molecule has 17 heavy (non-hydrogen) atoms. The van der Waals surface area contributed by atoms with Gasteiger partial charge in [-0.25, -0.2) is 9.50 Å². The Hall–Kier alpha value is -1.98. The van der Waals surface area contributed by atoms with Gasteiger partial charge in [0.1, 0.15) is 5.82 Å². The van der Waals surface area contributed by atoms with Crippen molar-refractivity contribution in [3.63, 3.8) is 0 Å². The van der Waals surface area contributed by atoms with Gasteiger partial charge in [0.2, 0.25) is 0 Å². The Bertz CT molecular complexity index is 622. The van der Waals surface area contributed by atoms with Crippen LogP contribution >= 0.6 is 0 Å². The van der Waals surface area contributed by atoms with E-state index in [4.69, 9.17) is 0 Å². The minimum atomic E-state index is -0.321. The van der Waals surface area contributed by atoms with E-state index in [1.165, 1.54) is 23.6 Å². The summed E-state index contributed by atoms with van der Waals surface area (Å²) in [5.41, 5.74) is 0.0800. The average Bonchev–Trinajstić information content (AvgIpc) is 2.96. The van der Waals surface area contributed by atoms with Crippen molar-refractivity contribution in [2.24, 2.45) is 0 Å². The number of carbonyl (C=O) groups is 1. The normalized spacial score (nSPS) is 16.7. The molecule has 6 nitrogen and oxygen atoms in total. The summed E-state index contributed by atoms with van der Waals surface area (Å²) in [6.45, 7) is 0. The lowest BCUT2D eigenvalue weighted by Gasteiger charge is -2.06. The van der Waals surface area contributed by atoms with Crippen molar-refractivity contribution in [2.45, 2.75) is 31.6 Å². The van der Waals surface area contributed by atoms with Crippen LogP contribution in [0.15, 0.2) is 11.0 Å². The van der Waals surface area contributed by atoms with E-state index >= 15 is 0 Å². The van der Waals surface area contributed by atoms with Gasteiger partial charge in [-0.1, -0.05) is 12.8 Å². The Balaban J connectivity index is 2.22. The zero-order chi connectivity index (χ0) is 11.8. The molecule has 2 heterocycles. The van der Waals surface area contributed by atoms with E-state index in [9.17, 15) is 9.59 Å². The van der Waals surface area contributed by atoms with Crippen LogP contribution < -0.4 is 5.56 Å². The molecule has 1 fully saturated rings. The minimum Gasteiger partial charge on any atom is -0.301 e. The predicted octanol–water partition coefficient (Wildman–Crippen LogP) is 0.888. The third kappa shape index (κ3) is 1.56. The van der Waals surface area contributed by atoms with Crippen LogP contribution in [0.1, 0.15) is 48.0 Å². The molecule has 1 saturated carbocycles. The number of aromatic nitrogens is 4. The topological polar surface area (TPSA) is 80.1 Å². The molecule has 1 aliphatic carbocycles. The van der Waals surface area contributed by atoms with Gasteiger partial charge in [-0.2, -0.15) is 0 Å². The number of hydrogen-bond acceptors (Lipinski definition) is 4. The van der Waals surface area contributed by atoms with Crippen molar-refractivity contribution >= 4 is 11.8 Å². The fourth-order valence-corrected chi connectivity index (χ4v) is 2.45.